The van der Waals surface area contributed by atoms with Gasteiger partial charge in [0.25, 0.3) is 0 Å². The van der Waals surface area contributed by atoms with Gasteiger partial charge in [0.05, 0.1) is 56.9 Å². The zero-order valence-corrected chi connectivity index (χ0v) is 43.3. The zero-order valence-electron chi connectivity index (χ0n) is 43.3. The Bertz CT molecular complexity index is 4120. The second-order valence-corrected chi connectivity index (χ2v) is 19.5. The van der Waals surface area contributed by atoms with Crippen molar-refractivity contribution in [2.45, 2.75) is 0 Å². The molecule has 376 valence electrons. The van der Waals surface area contributed by atoms with Crippen molar-refractivity contribution >= 4 is 34.3 Å². The Hall–Kier alpha value is -11.0. The molecule has 3 aromatic heterocycles. The number of para-hydroxylation sites is 4. The lowest BCUT2D eigenvalue weighted by atomic mass is 9.92. The molecule has 0 amide bonds. The van der Waals surface area contributed by atoms with Crippen LogP contribution in [0.4, 0.5) is 34.3 Å². The number of anilines is 6. The van der Waals surface area contributed by atoms with E-state index in [2.05, 4.69) is 216 Å². The Kier molecular flexibility index (Phi) is 12.4. The van der Waals surface area contributed by atoms with Gasteiger partial charge in [0.1, 0.15) is 5.82 Å². The predicted molar refractivity (Wildman–Crippen MR) is 325 cm³/mol. The molecule has 1 aliphatic rings. The highest BCUT2D eigenvalue weighted by Gasteiger charge is 2.35. The van der Waals surface area contributed by atoms with Gasteiger partial charge < -0.3 is 4.90 Å². The Morgan fingerprint density at radius 1 is 0.200 bits per heavy atom. The van der Waals surface area contributed by atoms with Gasteiger partial charge in [0, 0.05) is 56.1 Å². The molecule has 8 heteroatoms. The van der Waals surface area contributed by atoms with Gasteiger partial charge in [-0.15, -0.1) is 0 Å². The molecule has 10 aromatic carbocycles. The number of fused-ring (bicyclic) bond motifs is 2. The summed E-state index contributed by atoms with van der Waals surface area (Å²) >= 11 is 0. The third-order valence-corrected chi connectivity index (χ3v) is 14.4. The number of hydrogen-bond acceptors (Lipinski definition) is 8. The van der Waals surface area contributed by atoms with Crippen molar-refractivity contribution in [1.29, 1.82) is 0 Å². The highest BCUT2D eigenvalue weighted by atomic mass is 15.3. The topological polar surface area (TPSA) is 83.8 Å². The van der Waals surface area contributed by atoms with Crippen LogP contribution >= 0.6 is 0 Å². The van der Waals surface area contributed by atoms with Crippen molar-refractivity contribution in [3.8, 4) is 102 Å². The summed E-state index contributed by atoms with van der Waals surface area (Å²) in [5, 5.41) is 0. The summed E-state index contributed by atoms with van der Waals surface area (Å²) in [6.45, 7) is 0. The molecule has 8 nitrogen and oxygen atoms in total. The Morgan fingerprint density at radius 3 is 0.887 bits per heavy atom. The van der Waals surface area contributed by atoms with E-state index in [1.54, 1.807) is 0 Å². The van der Waals surface area contributed by atoms with Crippen molar-refractivity contribution in [1.82, 2.24) is 29.9 Å². The average molecular weight is 1030 g/mol. The van der Waals surface area contributed by atoms with Gasteiger partial charge in [-0.05, 0) is 54.1 Å². The number of benzene rings is 10. The van der Waals surface area contributed by atoms with E-state index in [9.17, 15) is 0 Å². The predicted octanol–water partition coefficient (Wildman–Crippen LogP) is 18.3. The van der Waals surface area contributed by atoms with Crippen LogP contribution in [0.5, 0.6) is 0 Å². The summed E-state index contributed by atoms with van der Waals surface area (Å²) in [7, 11) is 0. The molecule has 0 N–H and O–H groups in total. The van der Waals surface area contributed by atoms with Crippen molar-refractivity contribution in [3.63, 3.8) is 0 Å². The molecule has 14 rings (SSSR count). The second kappa shape index (κ2) is 20.9. The Balaban J connectivity index is 1.07. The molecule has 80 heavy (non-hydrogen) atoms. The quantitative estimate of drug-likeness (QED) is 0.127. The molecule has 0 unspecified atom stereocenters. The molecule has 0 radical (unpaired) electrons. The smallest absolute Gasteiger partial charge is 0.162 e. The van der Waals surface area contributed by atoms with Crippen molar-refractivity contribution in [3.05, 3.63) is 291 Å². The van der Waals surface area contributed by atoms with Crippen LogP contribution in [-0.2, 0) is 0 Å². The van der Waals surface area contributed by atoms with Crippen LogP contribution in [0.25, 0.3) is 102 Å². The first kappa shape index (κ1) is 47.5. The fourth-order valence-electron chi connectivity index (χ4n) is 10.6. The molecule has 0 spiro atoms. The largest absolute Gasteiger partial charge is 0.305 e. The van der Waals surface area contributed by atoms with E-state index < -0.39 is 0 Å². The van der Waals surface area contributed by atoms with Gasteiger partial charge in [-0.2, -0.15) is 0 Å². The van der Waals surface area contributed by atoms with Gasteiger partial charge in [-0.3, -0.25) is 4.90 Å². The first-order valence-electron chi connectivity index (χ1n) is 26.7. The maximum atomic E-state index is 5.61. The molecule has 0 atom stereocenters. The maximum Gasteiger partial charge on any atom is 0.162 e. The Labute approximate surface area is 464 Å². The van der Waals surface area contributed by atoms with Crippen molar-refractivity contribution < 1.29 is 0 Å². The molecule has 4 heterocycles. The lowest BCUT2D eigenvalue weighted by Gasteiger charge is -2.41. The van der Waals surface area contributed by atoms with Crippen LogP contribution in [0.3, 0.4) is 0 Å². The summed E-state index contributed by atoms with van der Waals surface area (Å²) < 4.78 is 0. The maximum absolute atomic E-state index is 5.61. The van der Waals surface area contributed by atoms with Gasteiger partial charge in [0.2, 0.25) is 0 Å². The normalized spacial score (nSPS) is 11.7. The number of nitrogens with zero attached hydrogens (tertiary/aromatic N) is 8. The van der Waals surface area contributed by atoms with Crippen LogP contribution in [0.15, 0.2) is 291 Å². The summed E-state index contributed by atoms with van der Waals surface area (Å²) in [6, 6.07) is 100. The van der Waals surface area contributed by atoms with Crippen molar-refractivity contribution in [2.75, 3.05) is 9.80 Å². The molecule has 0 saturated heterocycles. The number of rotatable bonds is 11. The van der Waals surface area contributed by atoms with Crippen LogP contribution in [0.1, 0.15) is 0 Å². The van der Waals surface area contributed by atoms with Crippen LogP contribution < -0.4 is 9.80 Å². The number of hydrogen-bond donors (Lipinski definition) is 0. The van der Waals surface area contributed by atoms with E-state index in [4.69, 9.17) is 29.9 Å². The van der Waals surface area contributed by atoms with Gasteiger partial charge in [0.15, 0.2) is 17.5 Å². The average Bonchev–Trinajstić information content (AvgIpc) is 3.58. The van der Waals surface area contributed by atoms with Gasteiger partial charge in [-0.1, -0.05) is 237 Å². The van der Waals surface area contributed by atoms with E-state index in [1.165, 1.54) is 0 Å². The number of aromatic nitrogens is 6. The summed E-state index contributed by atoms with van der Waals surface area (Å²) in [6.07, 6.45) is 0. The summed E-state index contributed by atoms with van der Waals surface area (Å²) in [5.41, 5.74) is 18.0. The van der Waals surface area contributed by atoms with E-state index in [1.807, 2.05) is 84.9 Å². The molecule has 13 aromatic rings. The third-order valence-electron chi connectivity index (χ3n) is 14.4. The standard InChI is InChI=1S/C72H48N8/c1-8-26-49(27-9-1)57-44-56(62-47-59(50-28-10-2-11-29-50)73-70(74-62)54-36-18-6-19-37-54)45-58(72-76-60(51-30-12-3-13-31-51)46-61(77-72)52-32-14-4-15-33-52)69(57)80-66-42-24-22-40-64(66)79(65-41-23-25-43-67(65)80)68-48-63(53-34-16-5-17-35-53)75-71(78-68)55-38-20-7-21-39-55/h1-48H. The van der Waals surface area contributed by atoms with E-state index >= 15 is 0 Å². The fourth-order valence-corrected chi connectivity index (χ4v) is 10.6. The van der Waals surface area contributed by atoms with Crippen LogP contribution in [-0.4, -0.2) is 29.9 Å². The molecule has 0 aliphatic carbocycles. The molecular formula is C72H48N8. The molecule has 0 fully saturated rings. The fraction of sp³-hybridized carbons (Fsp3) is 0. The van der Waals surface area contributed by atoms with E-state index in [-0.39, 0.29) is 0 Å². The summed E-state index contributed by atoms with van der Waals surface area (Å²) in [4.78, 5) is 37.1. The van der Waals surface area contributed by atoms with E-state index in [0.717, 1.165) is 118 Å². The highest BCUT2D eigenvalue weighted by Crippen LogP contribution is 2.58. The third kappa shape index (κ3) is 9.12. The zero-order chi connectivity index (χ0) is 53.2. The van der Waals surface area contributed by atoms with Gasteiger partial charge >= 0.3 is 0 Å². The van der Waals surface area contributed by atoms with Crippen molar-refractivity contribution in [2.24, 2.45) is 0 Å². The first-order chi connectivity index (χ1) is 39.7. The van der Waals surface area contributed by atoms with Crippen LogP contribution in [0, 0.1) is 0 Å². The van der Waals surface area contributed by atoms with Crippen LogP contribution in [0.2, 0.25) is 0 Å². The molecule has 0 saturated carbocycles. The monoisotopic (exact) mass is 1020 g/mol. The molecular weight excluding hydrogens is 977 g/mol. The summed E-state index contributed by atoms with van der Waals surface area (Å²) in [5.74, 6) is 2.53. The van der Waals surface area contributed by atoms with E-state index in [0.29, 0.717) is 17.5 Å². The minimum absolute atomic E-state index is 0.549. The second-order valence-electron chi connectivity index (χ2n) is 19.5. The SMILES string of the molecule is c1ccc(-c2cc(-c3cc(-c4ccccc4)c(N4c5ccccc5N(c5cc(-c6ccccc6)nc(-c6ccccc6)n5)c5ccccc54)c(-c4nc(-c5ccccc5)cc(-c5ccccc5)n4)c3)nc(-c3ccccc3)n2)cc1. The van der Waals surface area contributed by atoms with Gasteiger partial charge in [-0.25, -0.2) is 29.9 Å². The molecule has 1 aliphatic heterocycles. The lowest BCUT2D eigenvalue weighted by Crippen LogP contribution is -2.25. The molecule has 0 bridgehead atoms. The minimum atomic E-state index is 0.549. The highest BCUT2D eigenvalue weighted by molar-refractivity contribution is 6.07. The first-order valence-corrected chi connectivity index (χ1v) is 26.7. The lowest BCUT2D eigenvalue weighted by molar-refractivity contribution is 1.09. The minimum Gasteiger partial charge on any atom is -0.305 e. The Morgan fingerprint density at radius 2 is 0.487 bits per heavy atom.